The molecule has 46 heavy (non-hydrogen) atoms. The van der Waals surface area contributed by atoms with E-state index in [2.05, 4.69) is 16.0 Å². The van der Waals surface area contributed by atoms with Gasteiger partial charge in [-0.05, 0) is 83.9 Å². The standard InChI is InChI=1S/C37H30ClN3O4S/c1-45-31-21-15-25(16-22-31)23-33(41-35(42)27-11-6-3-7-12-27)36(43)40-30-13-8-14-32(24-30)46-34(26-9-4-2-5-10-26)37(44)39-29-19-17-28(38)18-20-29/h2-24,34H,1H3,(H,39,44)(H,40,43)(H,41,42)/b33-23+. The monoisotopic (exact) mass is 647 g/mol. The number of carbonyl (C=O) groups excluding carboxylic acids is 3. The largest absolute Gasteiger partial charge is 0.497 e. The van der Waals surface area contributed by atoms with Gasteiger partial charge in [0.25, 0.3) is 11.8 Å². The van der Waals surface area contributed by atoms with E-state index in [1.165, 1.54) is 11.8 Å². The summed E-state index contributed by atoms with van der Waals surface area (Å²) in [6.45, 7) is 0. The van der Waals surface area contributed by atoms with Crippen molar-refractivity contribution in [2.24, 2.45) is 0 Å². The molecule has 0 aliphatic heterocycles. The van der Waals surface area contributed by atoms with Crippen LogP contribution < -0.4 is 20.7 Å². The van der Waals surface area contributed by atoms with E-state index in [4.69, 9.17) is 16.3 Å². The van der Waals surface area contributed by atoms with E-state index < -0.39 is 17.1 Å². The topological polar surface area (TPSA) is 96.5 Å². The van der Waals surface area contributed by atoms with Crippen LogP contribution in [-0.4, -0.2) is 24.8 Å². The molecule has 0 saturated heterocycles. The first-order valence-corrected chi connectivity index (χ1v) is 15.6. The van der Waals surface area contributed by atoms with Crippen LogP contribution in [0.4, 0.5) is 11.4 Å². The lowest BCUT2D eigenvalue weighted by atomic mass is 10.1. The lowest BCUT2D eigenvalue weighted by molar-refractivity contribution is -0.116. The van der Waals surface area contributed by atoms with Crippen LogP contribution in [0.2, 0.25) is 5.02 Å². The van der Waals surface area contributed by atoms with Gasteiger partial charge in [-0.25, -0.2) is 0 Å². The normalized spacial score (nSPS) is 11.7. The van der Waals surface area contributed by atoms with Crippen LogP contribution in [0.1, 0.15) is 26.7 Å². The number of benzene rings is 5. The van der Waals surface area contributed by atoms with Gasteiger partial charge in [0.2, 0.25) is 5.91 Å². The molecule has 230 valence electrons. The third kappa shape index (κ3) is 8.88. The Hall–Kier alpha value is -5.31. The number of ether oxygens (including phenoxy) is 1. The molecule has 3 amide bonds. The predicted octanol–water partition coefficient (Wildman–Crippen LogP) is 8.23. The molecule has 1 atom stereocenters. The first-order valence-electron chi connectivity index (χ1n) is 14.3. The second-order valence-electron chi connectivity index (χ2n) is 10.0. The van der Waals surface area contributed by atoms with Gasteiger partial charge in [0.05, 0.1) is 7.11 Å². The van der Waals surface area contributed by atoms with Gasteiger partial charge in [-0.1, -0.05) is 78.3 Å². The quantitative estimate of drug-likeness (QED) is 0.0991. The Morgan fingerprint density at radius 3 is 2.09 bits per heavy atom. The molecule has 5 aromatic rings. The third-order valence-corrected chi connectivity index (χ3v) is 8.25. The van der Waals surface area contributed by atoms with Crippen molar-refractivity contribution in [2.75, 3.05) is 17.7 Å². The SMILES string of the molecule is COc1ccc(/C=C(/NC(=O)c2ccccc2)C(=O)Nc2cccc(SC(C(=O)Nc3ccc(Cl)cc3)c3ccccc3)c2)cc1. The molecule has 0 radical (unpaired) electrons. The Morgan fingerprint density at radius 2 is 1.41 bits per heavy atom. The van der Waals surface area contributed by atoms with Crippen LogP contribution in [0, 0.1) is 0 Å². The van der Waals surface area contributed by atoms with Gasteiger partial charge in [-0.15, -0.1) is 11.8 Å². The maximum Gasteiger partial charge on any atom is 0.272 e. The number of halogens is 1. The van der Waals surface area contributed by atoms with Gasteiger partial charge < -0.3 is 20.7 Å². The van der Waals surface area contributed by atoms with Crippen LogP contribution in [-0.2, 0) is 9.59 Å². The van der Waals surface area contributed by atoms with Crippen molar-refractivity contribution in [1.82, 2.24) is 5.32 Å². The number of carbonyl (C=O) groups is 3. The highest BCUT2D eigenvalue weighted by atomic mass is 35.5. The zero-order chi connectivity index (χ0) is 32.3. The first-order chi connectivity index (χ1) is 22.4. The lowest BCUT2D eigenvalue weighted by Gasteiger charge is -2.18. The summed E-state index contributed by atoms with van der Waals surface area (Å²) in [5.41, 5.74) is 3.11. The predicted molar refractivity (Wildman–Crippen MR) is 185 cm³/mol. The lowest BCUT2D eigenvalue weighted by Crippen LogP contribution is -2.30. The molecule has 0 aliphatic carbocycles. The molecule has 0 saturated carbocycles. The molecule has 5 aromatic carbocycles. The molecule has 7 nitrogen and oxygen atoms in total. The molecule has 0 aromatic heterocycles. The molecular weight excluding hydrogens is 618 g/mol. The van der Waals surface area contributed by atoms with Crippen molar-refractivity contribution < 1.29 is 19.1 Å². The number of thioether (sulfide) groups is 1. The summed E-state index contributed by atoms with van der Waals surface area (Å²) in [5, 5.41) is 8.61. The third-order valence-electron chi connectivity index (χ3n) is 6.75. The van der Waals surface area contributed by atoms with Crippen LogP contribution >= 0.6 is 23.4 Å². The summed E-state index contributed by atoms with van der Waals surface area (Å²) >= 11 is 7.36. The molecule has 1 unspecified atom stereocenters. The fraction of sp³-hybridized carbons (Fsp3) is 0.0541. The van der Waals surface area contributed by atoms with Crippen molar-refractivity contribution in [3.8, 4) is 5.75 Å². The van der Waals surface area contributed by atoms with Crippen LogP contribution in [0.5, 0.6) is 5.75 Å². The highest BCUT2D eigenvalue weighted by Crippen LogP contribution is 2.37. The van der Waals surface area contributed by atoms with Crippen LogP contribution in [0.25, 0.3) is 6.08 Å². The van der Waals surface area contributed by atoms with Gasteiger partial charge in [-0.3, -0.25) is 14.4 Å². The number of nitrogens with one attached hydrogen (secondary N) is 3. The van der Waals surface area contributed by atoms with Gasteiger partial charge >= 0.3 is 0 Å². The first kappa shape index (κ1) is 32.1. The second kappa shape index (κ2) is 15.6. The molecular formula is C37H30ClN3O4S. The van der Waals surface area contributed by atoms with Crippen LogP contribution in [0.15, 0.2) is 144 Å². The van der Waals surface area contributed by atoms with Crippen molar-refractivity contribution >= 4 is 58.5 Å². The van der Waals surface area contributed by atoms with Gasteiger partial charge in [0.1, 0.15) is 16.7 Å². The molecule has 9 heteroatoms. The van der Waals surface area contributed by atoms with Crippen LogP contribution in [0.3, 0.4) is 0 Å². The Labute approximate surface area is 276 Å². The highest BCUT2D eigenvalue weighted by Gasteiger charge is 2.23. The highest BCUT2D eigenvalue weighted by molar-refractivity contribution is 8.00. The summed E-state index contributed by atoms with van der Waals surface area (Å²) in [6, 6.07) is 39.4. The second-order valence-corrected chi connectivity index (χ2v) is 11.7. The summed E-state index contributed by atoms with van der Waals surface area (Å²) < 4.78 is 5.24. The van der Waals surface area contributed by atoms with E-state index in [0.717, 1.165) is 10.5 Å². The summed E-state index contributed by atoms with van der Waals surface area (Å²) in [5.74, 6) is -0.470. The number of methoxy groups -OCH3 is 1. The minimum Gasteiger partial charge on any atom is -0.497 e. The fourth-order valence-corrected chi connectivity index (χ4v) is 5.64. The molecule has 5 rings (SSSR count). The maximum atomic E-state index is 13.6. The Morgan fingerprint density at radius 1 is 0.739 bits per heavy atom. The van der Waals surface area contributed by atoms with Gasteiger partial charge in [-0.2, -0.15) is 0 Å². The average Bonchev–Trinajstić information content (AvgIpc) is 3.09. The van der Waals surface area contributed by atoms with E-state index in [1.54, 1.807) is 104 Å². The molecule has 0 fully saturated rings. The smallest absolute Gasteiger partial charge is 0.272 e. The molecule has 0 bridgehead atoms. The van der Waals surface area contributed by atoms with E-state index in [-0.39, 0.29) is 11.6 Å². The van der Waals surface area contributed by atoms with Crippen molar-refractivity contribution in [2.45, 2.75) is 10.1 Å². The molecule has 0 spiro atoms. The Kier molecular flexibility index (Phi) is 10.9. The molecule has 0 aliphatic rings. The van der Waals surface area contributed by atoms with Crippen molar-refractivity contribution in [3.05, 3.63) is 161 Å². The average molecular weight is 648 g/mol. The molecule has 3 N–H and O–H groups in total. The Balaban J connectivity index is 1.37. The number of anilines is 2. The fourth-order valence-electron chi connectivity index (χ4n) is 4.43. The van der Waals surface area contributed by atoms with E-state index in [9.17, 15) is 14.4 Å². The zero-order valence-corrected chi connectivity index (χ0v) is 26.3. The van der Waals surface area contributed by atoms with Gasteiger partial charge in [0, 0.05) is 26.9 Å². The minimum atomic E-state index is -0.585. The van der Waals surface area contributed by atoms with E-state index in [1.807, 2.05) is 42.5 Å². The number of hydrogen-bond acceptors (Lipinski definition) is 5. The van der Waals surface area contributed by atoms with Crippen molar-refractivity contribution in [1.29, 1.82) is 0 Å². The van der Waals surface area contributed by atoms with Gasteiger partial charge in [0.15, 0.2) is 0 Å². The summed E-state index contributed by atoms with van der Waals surface area (Å²) in [4.78, 5) is 40.9. The number of hydrogen-bond donors (Lipinski definition) is 3. The zero-order valence-electron chi connectivity index (χ0n) is 24.8. The number of amides is 3. The summed E-state index contributed by atoms with van der Waals surface area (Å²) in [7, 11) is 1.57. The maximum absolute atomic E-state index is 13.6. The molecule has 0 heterocycles. The van der Waals surface area contributed by atoms with E-state index in [0.29, 0.717) is 33.3 Å². The number of rotatable bonds is 11. The Bertz CT molecular complexity index is 1830. The minimum absolute atomic E-state index is 0.0570. The van der Waals surface area contributed by atoms with E-state index >= 15 is 0 Å². The van der Waals surface area contributed by atoms with Crippen molar-refractivity contribution in [3.63, 3.8) is 0 Å². The summed E-state index contributed by atoms with van der Waals surface area (Å²) in [6.07, 6.45) is 1.60.